The van der Waals surface area contributed by atoms with Crippen molar-refractivity contribution in [2.45, 2.75) is 0 Å². The maximum atomic E-state index is 11.7. The predicted octanol–water partition coefficient (Wildman–Crippen LogP) is 2.27. The van der Waals surface area contributed by atoms with Gasteiger partial charge in [-0.15, -0.1) is 0 Å². The Morgan fingerprint density at radius 1 is 1.23 bits per heavy atom. The first kappa shape index (κ1) is 14.6. The molecule has 4 N–H and O–H groups in total. The van der Waals surface area contributed by atoms with Crippen LogP contribution >= 0.6 is 0 Å². The van der Waals surface area contributed by atoms with Crippen molar-refractivity contribution in [3.05, 3.63) is 42.6 Å². The Balaban J connectivity index is 1.81. The number of nitrogens with one attached hydrogen (secondary N) is 2. The second-order valence-corrected chi connectivity index (χ2v) is 7.76. The summed E-state index contributed by atoms with van der Waals surface area (Å²) < 4.78 is 19.4. The van der Waals surface area contributed by atoms with Gasteiger partial charge in [-0.3, -0.25) is 4.78 Å². The van der Waals surface area contributed by atoms with Crippen LogP contribution in [-0.2, 0) is 9.73 Å². The van der Waals surface area contributed by atoms with Crippen molar-refractivity contribution < 1.29 is 4.21 Å². The minimum absolute atomic E-state index is 0.417. The second-order valence-electron chi connectivity index (χ2n) is 5.32. The molecular formula is C15H19N5OS. The number of nitrogens with zero attached hydrogens (tertiary/aromatic N) is 2. The summed E-state index contributed by atoms with van der Waals surface area (Å²) in [5.74, 6) is 1.57. The monoisotopic (exact) mass is 317 g/mol. The molecule has 1 aromatic heterocycles. The Labute approximate surface area is 130 Å². The summed E-state index contributed by atoms with van der Waals surface area (Å²) in [6.07, 6.45) is 1.72. The van der Waals surface area contributed by atoms with Crippen molar-refractivity contribution in [3.8, 4) is 0 Å². The van der Waals surface area contributed by atoms with Crippen molar-refractivity contribution >= 4 is 32.6 Å². The van der Waals surface area contributed by atoms with E-state index < -0.39 is 9.73 Å². The molecule has 2 heterocycles. The highest BCUT2D eigenvalue weighted by molar-refractivity contribution is 7.92. The maximum Gasteiger partial charge on any atom is 0.130 e. The minimum atomic E-state index is -2.38. The molecule has 1 aromatic carbocycles. The van der Waals surface area contributed by atoms with Gasteiger partial charge in [0.2, 0.25) is 0 Å². The van der Waals surface area contributed by atoms with Crippen LogP contribution in [-0.4, -0.2) is 33.8 Å². The topological polar surface area (TPSA) is 95.1 Å². The number of hydrogen-bond donors (Lipinski definition) is 3. The summed E-state index contributed by atoms with van der Waals surface area (Å²) >= 11 is 0. The van der Waals surface area contributed by atoms with E-state index in [4.69, 9.17) is 10.5 Å². The summed E-state index contributed by atoms with van der Waals surface area (Å²) in [6, 6.07) is 11.4. The molecule has 0 amide bonds. The molecule has 1 aliphatic heterocycles. The van der Waals surface area contributed by atoms with E-state index in [0.29, 0.717) is 30.3 Å². The Hall–Kier alpha value is -2.28. The molecule has 2 aromatic rings. The number of benzene rings is 1. The standard InChI is InChI=1S/C15H19N5OS/c16-13-5-4-12(20-7-9-22(17,21)10-8-20)11-14(13)19-15-3-1-2-6-18-15/h1-6,11,17H,7-10,16H2,(H,18,19). The molecule has 0 bridgehead atoms. The summed E-state index contributed by atoms with van der Waals surface area (Å²) in [5, 5.41) is 3.21. The lowest BCUT2D eigenvalue weighted by Gasteiger charge is -2.30. The van der Waals surface area contributed by atoms with Crippen molar-refractivity contribution in [1.29, 1.82) is 4.78 Å². The number of nitrogens with two attached hydrogens (primary N) is 1. The van der Waals surface area contributed by atoms with Gasteiger partial charge in [0.15, 0.2) is 0 Å². The fourth-order valence-electron chi connectivity index (χ4n) is 2.41. The highest BCUT2D eigenvalue weighted by atomic mass is 32.2. The number of rotatable bonds is 3. The molecule has 0 unspecified atom stereocenters. The Morgan fingerprint density at radius 3 is 2.68 bits per heavy atom. The van der Waals surface area contributed by atoms with Gasteiger partial charge in [0.25, 0.3) is 0 Å². The number of aromatic nitrogens is 1. The van der Waals surface area contributed by atoms with Crippen LogP contribution in [0.25, 0.3) is 0 Å². The van der Waals surface area contributed by atoms with E-state index in [0.717, 1.165) is 17.2 Å². The lowest BCUT2D eigenvalue weighted by molar-refractivity contribution is 0.664. The first-order chi connectivity index (χ1) is 10.5. The zero-order valence-electron chi connectivity index (χ0n) is 12.2. The SMILES string of the molecule is N=S1(=O)CCN(c2ccc(N)c(Nc3ccccn3)c2)CC1. The normalized spacial score (nSPS) is 17.2. The molecule has 1 saturated heterocycles. The van der Waals surface area contributed by atoms with E-state index in [2.05, 4.69) is 15.2 Å². The third-order valence-electron chi connectivity index (χ3n) is 3.71. The van der Waals surface area contributed by atoms with Gasteiger partial charge in [-0.1, -0.05) is 6.07 Å². The van der Waals surface area contributed by atoms with Crippen molar-refractivity contribution in [2.75, 3.05) is 40.5 Å². The lowest BCUT2D eigenvalue weighted by Crippen LogP contribution is -2.39. The molecule has 0 spiro atoms. The van der Waals surface area contributed by atoms with E-state index >= 15 is 0 Å². The van der Waals surface area contributed by atoms with Crippen molar-refractivity contribution in [1.82, 2.24) is 4.98 Å². The van der Waals surface area contributed by atoms with Crippen LogP contribution in [0.2, 0.25) is 0 Å². The number of pyridine rings is 1. The van der Waals surface area contributed by atoms with Crippen LogP contribution in [0.15, 0.2) is 42.6 Å². The molecular weight excluding hydrogens is 298 g/mol. The molecule has 1 fully saturated rings. The second kappa shape index (κ2) is 5.84. The van der Waals surface area contributed by atoms with Crippen LogP contribution < -0.4 is 16.0 Å². The van der Waals surface area contributed by atoms with Gasteiger partial charge in [0.05, 0.1) is 11.4 Å². The molecule has 116 valence electrons. The smallest absolute Gasteiger partial charge is 0.130 e. The van der Waals surface area contributed by atoms with E-state index in [1.165, 1.54) is 0 Å². The fraction of sp³-hybridized carbons (Fsp3) is 0.267. The quantitative estimate of drug-likeness (QED) is 0.755. The van der Waals surface area contributed by atoms with E-state index in [-0.39, 0.29) is 0 Å². The molecule has 3 rings (SSSR count). The molecule has 7 heteroatoms. The first-order valence-corrected chi connectivity index (χ1v) is 9.00. The molecule has 0 saturated carbocycles. The number of nitrogen functional groups attached to an aromatic ring is 1. The van der Waals surface area contributed by atoms with E-state index in [1.807, 2.05) is 36.4 Å². The van der Waals surface area contributed by atoms with E-state index in [1.54, 1.807) is 6.20 Å². The fourth-order valence-corrected chi connectivity index (χ4v) is 3.65. The molecule has 0 radical (unpaired) electrons. The zero-order chi connectivity index (χ0) is 15.6. The largest absolute Gasteiger partial charge is 0.397 e. The zero-order valence-corrected chi connectivity index (χ0v) is 13.0. The number of anilines is 4. The summed E-state index contributed by atoms with van der Waals surface area (Å²) in [6.45, 7) is 1.27. The van der Waals surface area contributed by atoms with Crippen LogP contribution in [0.5, 0.6) is 0 Å². The van der Waals surface area contributed by atoms with Gasteiger partial charge >= 0.3 is 0 Å². The molecule has 0 atom stereocenters. The molecule has 1 aliphatic rings. The molecule has 6 nitrogen and oxygen atoms in total. The minimum Gasteiger partial charge on any atom is -0.397 e. The van der Waals surface area contributed by atoms with Gasteiger partial charge in [-0.05, 0) is 30.3 Å². The first-order valence-electron chi connectivity index (χ1n) is 7.10. The number of hydrogen-bond acceptors (Lipinski definition) is 6. The van der Waals surface area contributed by atoms with Gasteiger partial charge < -0.3 is 16.0 Å². The summed E-state index contributed by atoms with van der Waals surface area (Å²) in [7, 11) is -2.38. The van der Waals surface area contributed by atoms with Crippen LogP contribution in [0.4, 0.5) is 22.9 Å². The average molecular weight is 317 g/mol. The molecule has 22 heavy (non-hydrogen) atoms. The third kappa shape index (κ3) is 3.30. The Bertz CT molecular complexity index is 747. The van der Waals surface area contributed by atoms with Gasteiger partial charge in [0.1, 0.15) is 5.82 Å². The van der Waals surface area contributed by atoms with Crippen LogP contribution in [0, 0.1) is 4.78 Å². The summed E-state index contributed by atoms with van der Waals surface area (Å²) in [4.78, 5) is 6.37. The lowest BCUT2D eigenvalue weighted by atomic mass is 10.2. The Kier molecular flexibility index (Phi) is 3.89. The average Bonchev–Trinajstić information content (AvgIpc) is 2.51. The highest BCUT2D eigenvalue weighted by Gasteiger charge is 2.19. The van der Waals surface area contributed by atoms with E-state index in [9.17, 15) is 4.21 Å². The van der Waals surface area contributed by atoms with Gasteiger partial charge in [-0.2, -0.15) is 0 Å². The molecule has 0 aliphatic carbocycles. The van der Waals surface area contributed by atoms with Gasteiger partial charge in [-0.25, -0.2) is 9.19 Å². The van der Waals surface area contributed by atoms with Crippen molar-refractivity contribution in [3.63, 3.8) is 0 Å². The Morgan fingerprint density at radius 2 is 2.00 bits per heavy atom. The maximum absolute atomic E-state index is 11.7. The third-order valence-corrected chi connectivity index (χ3v) is 5.40. The highest BCUT2D eigenvalue weighted by Crippen LogP contribution is 2.28. The van der Waals surface area contributed by atoms with Crippen molar-refractivity contribution in [2.24, 2.45) is 0 Å². The van der Waals surface area contributed by atoms with Crippen LogP contribution in [0.1, 0.15) is 0 Å². The summed E-state index contributed by atoms with van der Waals surface area (Å²) in [5.41, 5.74) is 8.49. The van der Waals surface area contributed by atoms with Gasteiger partial charge in [0, 0.05) is 46.2 Å². The van der Waals surface area contributed by atoms with Crippen LogP contribution in [0.3, 0.4) is 0 Å². The predicted molar refractivity (Wildman–Crippen MR) is 91.2 cm³/mol.